The number of carbonyl (C=O) groups is 1. The quantitative estimate of drug-likeness (QED) is 0.402. The molecule has 0 saturated heterocycles. The highest BCUT2D eigenvalue weighted by atomic mass is 19.1. The first kappa shape index (κ1) is 21.5. The van der Waals surface area contributed by atoms with Crippen LogP contribution < -0.4 is 10.2 Å². The molecule has 0 unspecified atom stereocenters. The van der Waals surface area contributed by atoms with Crippen molar-refractivity contribution in [3.8, 4) is 0 Å². The van der Waals surface area contributed by atoms with E-state index in [0.29, 0.717) is 22.8 Å². The van der Waals surface area contributed by atoms with Gasteiger partial charge in [0.05, 0.1) is 29.2 Å². The second-order valence-corrected chi connectivity index (χ2v) is 8.27. The molecule has 0 aliphatic heterocycles. The molecule has 0 saturated carbocycles. The number of rotatable bonds is 6. The third-order valence-electron chi connectivity index (χ3n) is 5.37. The van der Waals surface area contributed by atoms with Crippen LogP contribution in [0, 0.1) is 18.7 Å². The Morgan fingerprint density at radius 1 is 1.25 bits per heavy atom. The maximum Gasteiger partial charge on any atom is 0.250 e. The number of benzene rings is 2. The van der Waals surface area contributed by atoms with Crippen LogP contribution in [0.15, 0.2) is 61.1 Å². The molecule has 1 amide bonds. The Kier molecular flexibility index (Phi) is 5.90. The van der Waals surface area contributed by atoms with Crippen LogP contribution in [0.25, 0.3) is 16.6 Å². The summed E-state index contributed by atoms with van der Waals surface area (Å²) in [6, 6.07) is 10.9. The number of aromatic nitrogens is 3. The molecule has 4 rings (SSSR count). The van der Waals surface area contributed by atoms with Crippen molar-refractivity contribution in [2.24, 2.45) is 5.92 Å². The Labute approximate surface area is 186 Å². The monoisotopic (exact) mass is 431 g/mol. The Balaban J connectivity index is 1.76. The molecular weight excluding hydrogens is 405 g/mol. The summed E-state index contributed by atoms with van der Waals surface area (Å²) < 4.78 is 16.9. The summed E-state index contributed by atoms with van der Waals surface area (Å²) in [5.41, 5.74) is 4.05. The number of hydrogen-bond donors (Lipinski definition) is 1. The van der Waals surface area contributed by atoms with Crippen LogP contribution in [-0.2, 0) is 4.79 Å². The maximum absolute atomic E-state index is 15.0. The molecule has 2 aromatic heterocycles. The second kappa shape index (κ2) is 8.78. The van der Waals surface area contributed by atoms with E-state index < -0.39 is 5.82 Å². The van der Waals surface area contributed by atoms with Crippen molar-refractivity contribution in [1.29, 1.82) is 0 Å². The van der Waals surface area contributed by atoms with Crippen molar-refractivity contribution in [3.05, 3.63) is 72.5 Å². The van der Waals surface area contributed by atoms with Gasteiger partial charge in [-0.3, -0.25) is 9.20 Å². The van der Waals surface area contributed by atoms with Gasteiger partial charge in [-0.2, -0.15) is 0 Å². The fourth-order valence-electron chi connectivity index (χ4n) is 3.52. The Hall–Kier alpha value is -3.74. The number of anilines is 3. The third-order valence-corrected chi connectivity index (χ3v) is 5.37. The number of carbonyl (C=O) groups excluding carboxylic acids is 1. The summed E-state index contributed by atoms with van der Waals surface area (Å²) in [6.07, 6.45) is 7.47. The first-order chi connectivity index (χ1) is 15.3. The number of allylic oxidation sites excluding steroid dienone is 1. The maximum atomic E-state index is 15.0. The van der Waals surface area contributed by atoms with Crippen LogP contribution in [0.4, 0.5) is 21.6 Å². The van der Waals surface area contributed by atoms with E-state index >= 15 is 4.39 Å². The van der Waals surface area contributed by atoms with E-state index in [1.165, 1.54) is 17.0 Å². The van der Waals surface area contributed by atoms with Gasteiger partial charge in [-0.25, -0.2) is 14.4 Å². The van der Waals surface area contributed by atoms with E-state index in [1.807, 2.05) is 41.7 Å². The normalized spacial score (nSPS) is 11.7. The van der Waals surface area contributed by atoms with Crippen molar-refractivity contribution < 1.29 is 9.18 Å². The number of halogens is 1. The standard InChI is InChI=1S/C25H26FN5O/c1-16(2)8-7-11-24(32)30(4)21-13-22-20(12-18(21)26)29-25(23-14-27-15-31(22)23)28-19-10-6-5-9-17(19)3/h5-7,9-16H,8H2,1-4H3,(H,28,29)/b11-7+. The Bertz CT molecular complexity index is 1320. The lowest BCUT2D eigenvalue weighted by molar-refractivity contribution is -0.113. The molecule has 0 spiro atoms. The van der Waals surface area contributed by atoms with Gasteiger partial charge in [-0.15, -0.1) is 0 Å². The van der Waals surface area contributed by atoms with E-state index in [-0.39, 0.29) is 11.6 Å². The van der Waals surface area contributed by atoms with Gasteiger partial charge in [-0.1, -0.05) is 38.1 Å². The van der Waals surface area contributed by atoms with E-state index in [9.17, 15) is 4.79 Å². The van der Waals surface area contributed by atoms with Gasteiger partial charge in [0.25, 0.3) is 0 Å². The largest absolute Gasteiger partial charge is 0.338 e. The Morgan fingerprint density at radius 2 is 2.03 bits per heavy atom. The summed E-state index contributed by atoms with van der Waals surface area (Å²) in [4.78, 5) is 22.8. The molecule has 0 radical (unpaired) electrons. The van der Waals surface area contributed by atoms with Crippen LogP contribution in [-0.4, -0.2) is 27.3 Å². The molecule has 6 nitrogen and oxygen atoms in total. The second-order valence-electron chi connectivity index (χ2n) is 8.27. The molecular formula is C25H26FN5O. The number of nitrogens with one attached hydrogen (secondary N) is 1. The average Bonchev–Trinajstić information content (AvgIpc) is 3.24. The minimum Gasteiger partial charge on any atom is -0.338 e. The number of hydrogen-bond acceptors (Lipinski definition) is 4. The van der Waals surface area contributed by atoms with Crippen LogP contribution in [0.5, 0.6) is 0 Å². The SMILES string of the molecule is Cc1ccccc1Nc1nc2cc(F)c(N(C)C(=O)/C=C/CC(C)C)cc2n2cncc12. The van der Waals surface area contributed by atoms with Crippen LogP contribution in [0.2, 0.25) is 0 Å². The minimum atomic E-state index is -0.514. The van der Waals surface area contributed by atoms with Crippen LogP contribution in [0.3, 0.4) is 0 Å². The molecule has 1 N–H and O–H groups in total. The molecule has 2 aromatic carbocycles. The summed E-state index contributed by atoms with van der Waals surface area (Å²) >= 11 is 0. The first-order valence-electron chi connectivity index (χ1n) is 10.6. The van der Waals surface area contributed by atoms with E-state index in [0.717, 1.165) is 23.2 Å². The smallest absolute Gasteiger partial charge is 0.250 e. The summed E-state index contributed by atoms with van der Waals surface area (Å²) in [5.74, 6) is 0.235. The van der Waals surface area contributed by atoms with Crippen LogP contribution >= 0.6 is 0 Å². The number of likely N-dealkylation sites (N-methyl/N-ethyl adjacent to an activating group) is 1. The third kappa shape index (κ3) is 4.19. The molecule has 164 valence electrons. The predicted octanol–water partition coefficient (Wildman–Crippen LogP) is 5.64. The zero-order valence-corrected chi connectivity index (χ0v) is 18.6. The Morgan fingerprint density at radius 3 is 2.78 bits per heavy atom. The average molecular weight is 432 g/mol. The van der Waals surface area contributed by atoms with Crippen molar-refractivity contribution in [2.75, 3.05) is 17.3 Å². The zero-order valence-electron chi connectivity index (χ0n) is 18.6. The molecule has 0 aliphatic carbocycles. The van der Waals surface area contributed by atoms with Gasteiger partial charge >= 0.3 is 0 Å². The number of aryl methyl sites for hydroxylation is 1. The van der Waals surface area contributed by atoms with E-state index in [2.05, 4.69) is 29.1 Å². The van der Waals surface area contributed by atoms with Gasteiger partial charge in [0.15, 0.2) is 5.82 Å². The molecule has 0 bridgehead atoms. The number of amides is 1. The van der Waals surface area contributed by atoms with Crippen LogP contribution in [0.1, 0.15) is 25.8 Å². The minimum absolute atomic E-state index is 0.188. The highest BCUT2D eigenvalue weighted by molar-refractivity contribution is 6.02. The highest BCUT2D eigenvalue weighted by Crippen LogP contribution is 2.30. The van der Waals surface area contributed by atoms with Gasteiger partial charge in [0, 0.05) is 18.8 Å². The zero-order chi connectivity index (χ0) is 22.8. The lowest BCUT2D eigenvalue weighted by Crippen LogP contribution is -2.25. The molecule has 2 heterocycles. The lowest BCUT2D eigenvalue weighted by Gasteiger charge is -2.18. The van der Waals surface area contributed by atoms with Gasteiger partial charge < -0.3 is 10.2 Å². The van der Waals surface area contributed by atoms with Gasteiger partial charge in [-0.05, 0) is 43.0 Å². The lowest BCUT2D eigenvalue weighted by atomic mass is 10.1. The molecule has 4 aromatic rings. The number of para-hydroxylation sites is 1. The fraction of sp³-hybridized carbons (Fsp3) is 0.240. The topological polar surface area (TPSA) is 62.5 Å². The molecule has 32 heavy (non-hydrogen) atoms. The van der Waals surface area contributed by atoms with Crippen molar-refractivity contribution in [3.63, 3.8) is 0 Å². The number of nitrogens with zero attached hydrogens (tertiary/aromatic N) is 4. The summed E-state index contributed by atoms with van der Waals surface area (Å²) in [6.45, 7) is 6.16. The summed E-state index contributed by atoms with van der Waals surface area (Å²) in [7, 11) is 1.57. The summed E-state index contributed by atoms with van der Waals surface area (Å²) in [5, 5.41) is 3.33. The van der Waals surface area contributed by atoms with Gasteiger partial charge in [0.2, 0.25) is 5.91 Å². The first-order valence-corrected chi connectivity index (χ1v) is 10.6. The predicted molar refractivity (Wildman–Crippen MR) is 127 cm³/mol. The molecule has 0 fully saturated rings. The van der Waals surface area contributed by atoms with Crippen molar-refractivity contribution in [1.82, 2.24) is 14.4 Å². The van der Waals surface area contributed by atoms with Crippen molar-refractivity contribution >= 4 is 39.6 Å². The molecule has 0 atom stereocenters. The highest BCUT2D eigenvalue weighted by Gasteiger charge is 2.17. The van der Waals surface area contributed by atoms with Gasteiger partial charge in [0.1, 0.15) is 11.3 Å². The van der Waals surface area contributed by atoms with E-state index in [4.69, 9.17) is 0 Å². The number of fused-ring (bicyclic) bond motifs is 3. The number of imidazole rings is 1. The fourth-order valence-corrected chi connectivity index (χ4v) is 3.52. The molecule has 7 heteroatoms. The molecule has 0 aliphatic rings. The van der Waals surface area contributed by atoms with E-state index in [1.54, 1.807) is 25.6 Å². The van der Waals surface area contributed by atoms with Crippen molar-refractivity contribution in [2.45, 2.75) is 27.2 Å².